The number of hydrogen-bond donors (Lipinski definition) is 1. The maximum atomic E-state index is 11.2. The Morgan fingerprint density at radius 1 is 1.25 bits per heavy atom. The second-order valence-electron chi connectivity index (χ2n) is 4.20. The van der Waals surface area contributed by atoms with Gasteiger partial charge in [-0.1, -0.05) is 12.1 Å². The number of hydrogen-bond acceptors (Lipinski definition) is 3. The third-order valence-corrected chi connectivity index (χ3v) is 3.95. The molecule has 0 radical (unpaired) electrons. The molecule has 1 aliphatic carbocycles. The molecule has 90 valence electrons. The predicted octanol–water partition coefficient (Wildman–Crippen LogP) is 1.92. The van der Waals surface area contributed by atoms with Gasteiger partial charge in [-0.3, -0.25) is 0 Å². The molecule has 1 aliphatic rings. The molecule has 2 N–H and O–H groups in total. The minimum absolute atomic E-state index is 0. The summed E-state index contributed by atoms with van der Waals surface area (Å²) in [4.78, 5) is 0.356. The number of rotatable bonds is 3. The molecule has 0 amide bonds. The molecule has 5 heteroatoms. The number of sulfone groups is 1. The fourth-order valence-corrected chi connectivity index (χ4v) is 2.30. The smallest absolute Gasteiger partial charge is 0.175 e. The largest absolute Gasteiger partial charge is 0.324 e. The summed E-state index contributed by atoms with van der Waals surface area (Å²) >= 11 is 0. The highest BCUT2D eigenvalue weighted by Crippen LogP contribution is 2.39. The molecule has 0 unspecified atom stereocenters. The van der Waals surface area contributed by atoms with Gasteiger partial charge in [-0.2, -0.15) is 0 Å². The standard InChI is InChI=1S/C11H15NO2S.ClH/c1-15(13,14)10-6-4-9(5-7-10)11(12)8-2-3-8;/h4-8,11H,2-3,12H2,1H3;1H/t11-;/m1./s1. The van der Waals surface area contributed by atoms with Crippen molar-refractivity contribution >= 4 is 22.2 Å². The van der Waals surface area contributed by atoms with Crippen molar-refractivity contribution in [1.29, 1.82) is 0 Å². The summed E-state index contributed by atoms with van der Waals surface area (Å²) in [5, 5.41) is 0. The van der Waals surface area contributed by atoms with E-state index in [0.717, 1.165) is 5.56 Å². The van der Waals surface area contributed by atoms with Crippen LogP contribution in [0, 0.1) is 5.92 Å². The van der Waals surface area contributed by atoms with Gasteiger partial charge in [0, 0.05) is 12.3 Å². The molecular formula is C11H16ClNO2S. The van der Waals surface area contributed by atoms with Crippen molar-refractivity contribution in [2.75, 3.05) is 6.26 Å². The lowest BCUT2D eigenvalue weighted by atomic mass is 10.0. The minimum Gasteiger partial charge on any atom is -0.324 e. The van der Waals surface area contributed by atoms with Crippen molar-refractivity contribution in [1.82, 2.24) is 0 Å². The number of nitrogens with two attached hydrogens (primary N) is 1. The van der Waals surface area contributed by atoms with Gasteiger partial charge in [0.25, 0.3) is 0 Å². The normalized spacial score (nSPS) is 17.6. The molecule has 1 aromatic carbocycles. The van der Waals surface area contributed by atoms with Crippen molar-refractivity contribution in [2.45, 2.75) is 23.8 Å². The molecule has 1 atom stereocenters. The fraction of sp³-hybridized carbons (Fsp3) is 0.455. The Hall–Kier alpha value is -0.580. The van der Waals surface area contributed by atoms with E-state index in [9.17, 15) is 8.42 Å². The van der Waals surface area contributed by atoms with Gasteiger partial charge in [0.05, 0.1) is 4.90 Å². The summed E-state index contributed by atoms with van der Waals surface area (Å²) in [5.74, 6) is 0.592. The van der Waals surface area contributed by atoms with Gasteiger partial charge in [-0.25, -0.2) is 8.42 Å². The van der Waals surface area contributed by atoms with Crippen LogP contribution in [0.2, 0.25) is 0 Å². The van der Waals surface area contributed by atoms with Gasteiger partial charge in [-0.05, 0) is 36.5 Å². The van der Waals surface area contributed by atoms with E-state index in [2.05, 4.69) is 0 Å². The highest BCUT2D eigenvalue weighted by atomic mass is 35.5. The van der Waals surface area contributed by atoms with Crippen molar-refractivity contribution in [2.24, 2.45) is 11.7 Å². The maximum Gasteiger partial charge on any atom is 0.175 e. The van der Waals surface area contributed by atoms with Gasteiger partial charge < -0.3 is 5.73 Å². The van der Waals surface area contributed by atoms with Crippen LogP contribution in [0.4, 0.5) is 0 Å². The van der Waals surface area contributed by atoms with E-state index in [1.807, 2.05) is 12.1 Å². The molecule has 0 aliphatic heterocycles. The van der Waals surface area contributed by atoms with Crippen molar-refractivity contribution in [3.63, 3.8) is 0 Å². The van der Waals surface area contributed by atoms with Crippen LogP contribution in [0.3, 0.4) is 0 Å². The van der Waals surface area contributed by atoms with Gasteiger partial charge in [0.15, 0.2) is 9.84 Å². The van der Waals surface area contributed by atoms with Crippen LogP contribution in [0.25, 0.3) is 0 Å². The van der Waals surface area contributed by atoms with E-state index in [1.165, 1.54) is 19.1 Å². The van der Waals surface area contributed by atoms with Crippen molar-refractivity contribution in [3.8, 4) is 0 Å². The van der Waals surface area contributed by atoms with Gasteiger partial charge in [0.1, 0.15) is 0 Å². The van der Waals surface area contributed by atoms with E-state index in [1.54, 1.807) is 12.1 Å². The maximum absolute atomic E-state index is 11.2. The molecule has 1 fully saturated rings. The van der Waals surface area contributed by atoms with Crippen LogP contribution in [0.5, 0.6) is 0 Å². The van der Waals surface area contributed by atoms with Crippen molar-refractivity contribution in [3.05, 3.63) is 29.8 Å². The Kier molecular flexibility index (Phi) is 3.99. The second kappa shape index (κ2) is 4.73. The lowest BCUT2D eigenvalue weighted by molar-refractivity contribution is 0.601. The Balaban J connectivity index is 0.00000128. The SMILES string of the molecule is CS(=O)(=O)c1ccc([C@H](N)C2CC2)cc1.Cl. The zero-order valence-corrected chi connectivity index (χ0v) is 10.7. The minimum atomic E-state index is -3.09. The molecule has 2 rings (SSSR count). The van der Waals surface area contributed by atoms with Crippen LogP contribution >= 0.6 is 12.4 Å². The van der Waals surface area contributed by atoms with E-state index >= 15 is 0 Å². The third-order valence-electron chi connectivity index (χ3n) is 2.82. The zero-order valence-electron chi connectivity index (χ0n) is 9.09. The van der Waals surface area contributed by atoms with Crippen LogP contribution in [0.15, 0.2) is 29.2 Å². The van der Waals surface area contributed by atoms with Gasteiger partial charge in [0.2, 0.25) is 0 Å². The number of halogens is 1. The van der Waals surface area contributed by atoms with Gasteiger partial charge in [-0.15, -0.1) is 12.4 Å². The van der Waals surface area contributed by atoms with Crippen molar-refractivity contribution < 1.29 is 8.42 Å². The molecule has 0 saturated heterocycles. The Bertz CT molecular complexity index is 451. The molecule has 1 aromatic rings. The first kappa shape index (κ1) is 13.5. The Morgan fingerprint density at radius 2 is 1.75 bits per heavy atom. The highest BCUT2D eigenvalue weighted by Gasteiger charge is 2.29. The summed E-state index contributed by atoms with van der Waals surface area (Å²) in [7, 11) is -3.09. The zero-order chi connectivity index (χ0) is 11.1. The lowest BCUT2D eigenvalue weighted by Crippen LogP contribution is -2.12. The van der Waals surface area contributed by atoms with Crippen LogP contribution in [-0.4, -0.2) is 14.7 Å². The van der Waals surface area contributed by atoms with E-state index < -0.39 is 9.84 Å². The van der Waals surface area contributed by atoms with Crippen LogP contribution in [0.1, 0.15) is 24.4 Å². The summed E-state index contributed by atoms with van der Waals surface area (Å²) in [6.45, 7) is 0. The molecule has 3 nitrogen and oxygen atoms in total. The summed E-state index contributed by atoms with van der Waals surface area (Å²) in [5.41, 5.74) is 7.04. The average molecular weight is 262 g/mol. The quantitative estimate of drug-likeness (QED) is 0.904. The lowest BCUT2D eigenvalue weighted by Gasteiger charge is -2.10. The number of benzene rings is 1. The highest BCUT2D eigenvalue weighted by molar-refractivity contribution is 7.90. The topological polar surface area (TPSA) is 60.2 Å². The summed E-state index contributed by atoms with van der Waals surface area (Å²) in [6.07, 6.45) is 3.59. The third kappa shape index (κ3) is 2.97. The molecule has 0 bridgehead atoms. The van der Waals surface area contributed by atoms with Gasteiger partial charge >= 0.3 is 0 Å². The molecule has 0 heterocycles. The van der Waals surface area contributed by atoms with E-state index in [0.29, 0.717) is 10.8 Å². The summed E-state index contributed by atoms with van der Waals surface area (Å²) in [6, 6.07) is 6.97. The molecule has 1 saturated carbocycles. The first-order chi connectivity index (χ1) is 6.98. The predicted molar refractivity (Wildman–Crippen MR) is 66.5 cm³/mol. The monoisotopic (exact) mass is 261 g/mol. The molecular weight excluding hydrogens is 246 g/mol. The fourth-order valence-electron chi connectivity index (χ4n) is 1.66. The molecule has 16 heavy (non-hydrogen) atoms. The Labute approximate surface area is 102 Å². The first-order valence-corrected chi connectivity index (χ1v) is 6.93. The summed E-state index contributed by atoms with van der Waals surface area (Å²) < 4.78 is 22.5. The van der Waals surface area contributed by atoms with E-state index in [-0.39, 0.29) is 18.4 Å². The Morgan fingerprint density at radius 3 is 2.12 bits per heavy atom. The first-order valence-electron chi connectivity index (χ1n) is 5.04. The van der Waals surface area contributed by atoms with Crippen LogP contribution < -0.4 is 5.73 Å². The van der Waals surface area contributed by atoms with Crippen LogP contribution in [-0.2, 0) is 9.84 Å². The molecule has 0 aromatic heterocycles. The average Bonchev–Trinajstić information content (AvgIpc) is 2.99. The van der Waals surface area contributed by atoms with E-state index in [4.69, 9.17) is 5.73 Å². The second-order valence-corrected chi connectivity index (χ2v) is 6.22. The molecule has 0 spiro atoms.